The summed E-state index contributed by atoms with van der Waals surface area (Å²) in [5.41, 5.74) is 3.53. The first-order chi connectivity index (χ1) is 13.2. The smallest absolute Gasteiger partial charge is 0.257 e. The summed E-state index contributed by atoms with van der Waals surface area (Å²) in [5, 5.41) is 13.2. The van der Waals surface area contributed by atoms with E-state index >= 15 is 0 Å². The zero-order valence-corrected chi connectivity index (χ0v) is 16.2. The van der Waals surface area contributed by atoms with Crippen molar-refractivity contribution in [2.24, 2.45) is 0 Å². The largest absolute Gasteiger partial charge is 0.333 e. The Morgan fingerprint density at radius 3 is 2.78 bits per heavy atom. The van der Waals surface area contributed by atoms with Crippen LogP contribution >= 0.6 is 23.1 Å². The second kappa shape index (κ2) is 7.89. The molecule has 2 aromatic heterocycles. The molecule has 0 saturated carbocycles. The van der Waals surface area contributed by atoms with Crippen molar-refractivity contribution in [2.45, 2.75) is 24.3 Å². The molecule has 136 valence electrons. The molecule has 2 N–H and O–H groups in total. The average Bonchev–Trinajstić information content (AvgIpc) is 3.32. The molecule has 2 heterocycles. The summed E-state index contributed by atoms with van der Waals surface area (Å²) in [5.74, 6) is 0.467. The minimum Gasteiger partial charge on any atom is -0.333 e. The quantitative estimate of drug-likeness (QED) is 0.469. The lowest BCUT2D eigenvalue weighted by atomic mass is 10.1. The number of aromatic nitrogens is 4. The molecule has 0 aliphatic heterocycles. The van der Waals surface area contributed by atoms with Crippen molar-refractivity contribution in [3.8, 4) is 0 Å². The van der Waals surface area contributed by atoms with Gasteiger partial charge < -0.3 is 4.98 Å². The number of anilines is 1. The Morgan fingerprint density at radius 1 is 1.15 bits per heavy atom. The molecule has 6 nitrogen and oxygen atoms in total. The number of fused-ring (bicyclic) bond motifs is 1. The van der Waals surface area contributed by atoms with Gasteiger partial charge in [-0.25, -0.2) is 4.98 Å². The molecule has 0 fully saturated rings. The van der Waals surface area contributed by atoms with Gasteiger partial charge in [-0.05, 0) is 30.2 Å². The van der Waals surface area contributed by atoms with E-state index in [9.17, 15) is 4.79 Å². The molecule has 2 aromatic carbocycles. The number of imidazole rings is 1. The van der Waals surface area contributed by atoms with E-state index in [1.165, 1.54) is 11.3 Å². The molecule has 27 heavy (non-hydrogen) atoms. The number of hydrogen-bond donors (Lipinski definition) is 2. The third-order valence-electron chi connectivity index (χ3n) is 3.98. The van der Waals surface area contributed by atoms with E-state index in [0.717, 1.165) is 33.2 Å². The summed E-state index contributed by atoms with van der Waals surface area (Å²) in [4.78, 5) is 20.6. The first-order valence-corrected chi connectivity index (χ1v) is 10.3. The summed E-state index contributed by atoms with van der Waals surface area (Å²) < 4.78 is 0. The van der Waals surface area contributed by atoms with Crippen molar-refractivity contribution in [3.05, 3.63) is 64.7 Å². The Bertz CT molecular complexity index is 1060. The number of carbonyl (C=O) groups excluding carboxylic acids is 1. The van der Waals surface area contributed by atoms with Crippen LogP contribution in [0.25, 0.3) is 11.0 Å². The number of aryl methyl sites for hydroxylation is 1. The maximum atomic E-state index is 12.7. The molecule has 1 amide bonds. The summed E-state index contributed by atoms with van der Waals surface area (Å²) in [6, 6.07) is 15.5. The summed E-state index contributed by atoms with van der Waals surface area (Å²) >= 11 is 2.97. The predicted octanol–water partition coefficient (Wildman–Crippen LogP) is 4.52. The van der Waals surface area contributed by atoms with Gasteiger partial charge in [-0.3, -0.25) is 10.1 Å². The van der Waals surface area contributed by atoms with Gasteiger partial charge in [0.15, 0.2) is 5.16 Å². The predicted molar refractivity (Wildman–Crippen MR) is 109 cm³/mol. The number of nitrogens with one attached hydrogen (secondary N) is 2. The van der Waals surface area contributed by atoms with E-state index in [-0.39, 0.29) is 5.91 Å². The fourth-order valence-electron chi connectivity index (χ4n) is 2.62. The number of para-hydroxylation sites is 2. The molecular formula is C19H17N5OS2. The lowest BCUT2D eigenvalue weighted by Gasteiger charge is -2.07. The molecule has 0 radical (unpaired) electrons. The second-order valence-corrected chi connectivity index (χ2v) is 7.84. The fraction of sp³-hybridized carbons (Fsp3) is 0.158. The van der Waals surface area contributed by atoms with Gasteiger partial charge in [0.25, 0.3) is 5.91 Å². The number of hydrogen-bond acceptors (Lipinski definition) is 6. The first kappa shape index (κ1) is 17.7. The van der Waals surface area contributed by atoms with Crippen molar-refractivity contribution in [3.63, 3.8) is 0 Å². The molecule has 0 saturated heterocycles. The highest BCUT2D eigenvalue weighted by atomic mass is 32.2. The topological polar surface area (TPSA) is 83.6 Å². The number of benzene rings is 2. The van der Waals surface area contributed by atoms with Crippen molar-refractivity contribution in [2.75, 3.05) is 5.32 Å². The number of H-pyrrole nitrogens is 1. The van der Waals surface area contributed by atoms with Crippen LogP contribution < -0.4 is 5.32 Å². The van der Waals surface area contributed by atoms with Gasteiger partial charge in [0, 0.05) is 11.3 Å². The standard InChI is InChI=1S/C19H17N5OS2/c1-2-16-23-24-19(27-16)22-17(25)13-8-4-3-7-12(13)11-26-18-20-14-9-5-6-10-15(14)21-18/h3-10H,2,11H2,1H3,(H,20,21)(H,22,24,25). The van der Waals surface area contributed by atoms with E-state index in [2.05, 4.69) is 25.5 Å². The minimum absolute atomic E-state index is 0.172. The van der Waals surface area contributed by atoms with Gasteiger partial charge in [0.05, 0.1) is 11.0 Å². The SMILES string of the molecule is CCc1nnc(NC(=O)c2ccccc2CSc2nc3ccccc3[nH]2)s1. The Labute approximate surface area is 164 Å². The Morgan fingerprint density at radius 2 is 1.96 bits per heavy atom. The van der Waals surface area contributed by atoms with E-state index in [4.69, 9.17) is 0 Å². The van der Waals surface area contributed by atoms with Crippen LogP contribution in [-0.2, 0) is 12.2 Å². The molecule has 0 unspecified atom stereocenters. The maximum Gasteiger partial charge on any atom is 0.257 e. The van der Waals surface area contributed by atoms with E-state index in [1.54, 1.807) is 11.8 Å². The minimum atomic E-state index is -0.172. The van der Waals surface area contributed by atoms with Crippen LogP contribution in [0, 0.1) is 0 Å². The van der Waals surface area contributed by atoms with Crippen molar-refractivity contribution < 1.29 is 4.79 Å². The van der Waals surface area contributed by atoms with Crippen LogP contribution in [0.1, 0.15) is 27.9 Å². The Kier molecular flexibility index (Phi) is 5.17. The van der Waals surface area contributed by atoms with Crippen LogP contribution in [0.3, 0.4) is 0 Å². The van der Waals surface area contributed by atoms with Gasteiger partial charge in [-0.2, -0.15) is 0 Å². The number of thioether (sulfide) groups is 1. The van der Waals surface area contributed by atoms with Crippen molar-refractivity contribution >= 4 is 45.2 Å². The lowest BCUT2D eigenvalue weighted by molar-refractivity contribution is 0.102. The van der Waals surface area contributed by atoms with Crippen molar-refractivity contribution in [1.82, 2.24) is 20.2 Å². The molecule has 0 aliphatic rings. The highest BCUT2D eigenvalue weighted by Crippen LogP contribution is 2.25. The number of rotatable bonds is 6. The zero-order chi connectivity index (χ0) is 18.6. The third-order valence-corrected chi connectivity index (χ3v) is 5.89. The highest BCUT2D eigenvalue weighted by Gasteiger charge is 2.14. The number of aromatic amines is 1. The summed E-state index contributed by atoms with van der Waals surface area (Å²) in [7, 11) is 0. The highest BCUT2D eigenvalue weighted by molar-refractivity contribution is 7.98. The van der Waals surface area contributed by atoms with Crippen LogP contribution in [0.5, 0.6) is 0 Å². The van der Waals surface area contributed by atoms with E-state index < -0.39 is 0 Å². The van der Waals surface area contributed by atoms with Crippen molar-refractivity contribution in [1.29, 1.82) is 0 Å². The molecule has 4 aromatic rings. The normalized spacial score (nSPS) is 11.0. The van der Waals surface area contributed by atoms with E-state index in [0.29, 0.717) is 16.4 Å². The maximum absolute atomic E-state index is 12.7. The van der Waals surface area contributed by atoms with Crippen LogP contribution in [0.4, 0.5) is 5.13 Å². The number of nitrogens with zero attached hydrogens (tertiary/aromatic N) is 3. The monoisotopic (exact) mass is 395 g/mol. The van der Waals surface area contributed by atoms with Gasteiger partial charge >= 0.3 is 0 Å². The Hall–Kier alpha value is -2.71. The fourth-order valence-corrected chi connectivity index (χ4v) is 4.19. The number of amides is 1. The molecule has 0 spiro atoms. The van der Waals surface area contributed by atoms with Crippen LogP contribution in [0.15, 0.2) is 53.7 Å². The average molecular weight is 396 g/mol. The zero-order valence-electron chi connectivity index (χ0n) is 14.6. The Balaban J connectivity index is 1.49. The molecule has 8 heteroatoms. The van der Waals surface area contributed by atoms with Gasteiger partial charge in [0.2, 0.25) is 5.13 Å². The van der Waals surface area contributed by atoms with Gasteiger partial charge in [0.1, 0.15) is 5.01 Å². The molecule has 0 atom stereocenters. The molecule has 0 aliphatic carbocycles. The van der Waals surface area contributed by atoms with E-state index in [1.807, 2.05) is 55.5 Å². The molecular weight excluding hydrogens is 378 g/mol. The first-order valence-electron chi connectivity index (χ1n) is 8.52. The second-order valence-electron chi connectivity index (χ2n) is 5.81. The lowest BCUT2D eigenvalue weighted by Crippen LogP contribution is -2.13. The van der Waals surface area contributed by atoms with Gasteiger partial charge in [-0.15, -0.1) is 10.2 Å². The van der Waals surface area contributed by atoms with Crippen LogP contribution in [-0.4, -0.2) is 26.1 Å². The number of carbonyl (C=O) groups is 1. The summed E-state index contributed by atoms with van der Waals surface area (Å²) in [6.45, 7) is 2.01. The third kappa shape index (κ3) is 4.01. The summed E-state index contributed by atoms with van der Waals surface area (Å²) in [6.07, 6.45) is 0.804. The van der Waals surface area contributed by atoms with Gasteiger partial charge in [-0.1, -0.05) is 60.4 Å². The molecule has 0 bridgehead atoms. The van der Waals surface area contributed by atoms with Crippen LogP contribution in [0.2, 0.25) is 0 Å². The molecule has 4 rings (SSSR count).